The molecule has 0 bridgehead atoms. The number of hydrogen-bond acceptors (Lipinski definition) is 3. The lowest BCUT2D eigenvalue weighted by Gasteiger charge is -2.11. The van der Waals surface area contributed by atoms with Gasteiger partial charge < -0.3 is 14.8 Å². The van der Waals surface area contributed by atoms with Gasteiger partial charge in [0.15, 0.2) is 11.5 Å². The Labute approximate surface area is 147 Å². The number of hydrogen-bond donors (Lipinski definition) is 1. The molecule has 2 aromatic carbocycles. The number of ether oxygens (including phenoxy) is 2. The molecule has 6 heteroatoms. The standard InChI is InChI=1S/C17H13BrClNO3/c1-22-15-7-10(18)5-9(16(15)23-2)6-13-12-4-3-11(19)8-14(12)20-17(13)21/h3-8H,1-2H3,(H,20,21)/b13-6+. The van der Waals surface area contributed by atoms with Gasteiger partial charge in [-0.3, -0.25) is 4.79 Å². The molecule has 0 aliphatic carbocycles. The van der Waals surface area contributed by atoms with Crippen LogP contribution in [0.15, 0.2) is 34.8 Å². The number of rotatable bonds is 3. The average molecular weight is 395 g/mol. The molecule has 1 heterocycles. The number of amides is 1. The second-order valence-electron chi connectivity index (χ2n) is 4.93. The molecule has 3 rings (SSSR count). The molecular formula is C17H13BrClNO3. The van der Waals surface area contributed by atoms with E-state index in [2.05, 4.69) is 21.2 Å². The molecule has 1 aliphatic rings. The van der Waals surface area contributed by atoms with Crippen molar-refractivity contribution in [1.29, 1.82) is 0 Å². The second kappa shape index (κ2) is 6.26. The lowest BCUT2D eigenvalue weighted by atomic mass is 10.0. The summed E-state index contributed by atoms with van der Waals surface area (Å²) in [6.45, 7) is 0. The number of fused-ring (bicyclic) bond motifs is 1. The first kappa shape index (κ1) is 15.9. The van der Waals surface area contributed by atoms with Crippen LogP contribution in [-0.2, 0) is 4.79 Å². The molecule has 1 amide bonds. The minimum atomic E-state index is -0.178. The highest BCUT2D eigenvalue weighted by molar-refractivity contribution is 9.10. The molecule has 0 saturated carbocycles. The van der Waals surface area contributed by atoms with Crippen LogP contribution in [0.25, 0.3) is 11.6 Å². The molecule has 0 spiro atoms. The molecule has 2 aromatic rings. The van der Waals surface area contributed by atoms with E-state index in [1.807, 2.05) is 18.2 Å². The molecule has 1 aliphatic heterocycles. The predicted octanol–water partition coefficient (Wildman–Crippen LogP) is 4.61. The number of carbonyl (C=O) groups excluding carboxylic acids is 1. The van der Waals surface area contributed by atoms with Gasteiger partial charge in [0.05, 0.1) is 19.9 Å². The maximum atomic E-state index is 12.3. The average Bonchev–Trinajstić information content (AvgIpc) is 2.81. The zero-order chi connectivity index (χ0) is 16.6. The van der Waals surface area contributed by atoms with Crippen LogP contribution in [0.3, 0.4) is 0 Å². The lowest BCUT2D eigenvalue weighted by Crippen LogP contribution is -2.03. The van der Waals surface area contributed by atoms with E-state index in [4.69, 9.17) is 21.1 Å². The first-order valence-corrected chi connectivity index (χ1v) is 7.95. The van der Waals surface area contributed by atoms with E-state index in [9.17, 15) is 4.79 Å². The van der Waals surface area contributed by atoms with Crippen LogP contribution < -0.4 is 14.8 Å². The Bertz CT molecular complexity index is 833. The monoisotopic (exact) mass is 393 g/mol. The van der Waals surface area contributed by atoms with Crippen molar-refractivity contribution < 1.29 is 14.3 Å². The molecule has 23 heavy (non-hydrogen) atoms. The van der Waals surface area contributed by atoms with E-state index in [0.29, 0.717) is 27.8 Å². The highest BCUT2D eigenvalue weighted by atomic mass is 79.9. The summed E-state index contributed by atoms with van der Waals surface area (Å²) >= 11 is 9.41. The third kappa shape index (κ3) is 2.94. The Morgan fingerprint density at radius 1 is 1.17 bits per heavy atom. The van der Waals surface area contributed by atoms with Crippen molar-refractivity contribution in [1.82, 2.24) is 0 Å². The Kier molecular flexibility index (Phi) is 4.33. The zero-order valence-corrected chi connectivity index (χ0v) is 14.8. The molecule has 0 radical (unpaired) electrons. The maximum Gasteiger partial charge on any atom is 0.256 e. The largest absolute Gasteiger partial charge is 0.493 e. The molecule has 0 unspecified atom stereocenters. The first-order chi connectivity index (χ1) is 11.0. The van der Waals surface area contributed by atoms with Crippen LogP contribution in [0, 0.1) is 0 Å². The van der Waals surface area contributed by atoms with Crippen LogP contribution in [0.4, 0.5) is 5.69 Å². The fourth-order valence-corrected chi connectivity index (χ4v) is 3.16. The van der Waals surface area contributed by atoms with Gasteiger partial charge in [-0.05, 0) is 30.3 Å². The van der Waals surface area contributed by atoms with Gasteiger partial charge in [-0.2, -0.15) is 0 Å². The van der Waals surface area contributed by atoms with E-state index in [0.717, 1.165) is 15.6 Å². The summed E-state index contributed by atoms with van der Waals surface area (Å²) < 4.78 is 11.6. The number of nitrogens with one attached hydrogen (secondary N) is 1. The van der Waals surface area contributed by atoms with Crippen LogP contribution in [-0.4, -0.2) is 20.1 Å². The second-order valence-corrected chi connectivity index (χ2v) is 6.28. The van der Waals surface area contributed by atoms with Crippen molar-refractivity contribution >= 4 is 50.8 Å². The van der Waals surface area contributed by atoms with Crippen molar-refractivity contribution in [2.75, 3.05) is 19.5 Å². The number of methoxy groups -OCH3 is 2. The third-order valence-corrected chi connectivity index (χ3v) is 4.23. The fraction of sp³-hybridized carbons (Fsp3) is 0.118. The van der Waals surface area contributed by atoms with Gasteiger partial charge in [-0.15, -0.1) is 0 Å². The van der Waals surface area contributed by atoms with E-state index in [1.54, 1.807) is 32.4 Å². The molecule has 118 valence electrons. The molecule has 0 fully saturated rings. The minimum Gasteiger partial charge on any atom is -0.493 e. The first-order valence-electron chi connectivity index (χ1n) is 6.78. The maximum absolute atomic E-state index is 12.3. The molecule has 0 aromatic heterocycles. The van der Waals surface area contributed by atoms with Gasteiger partial charge in [0, 0.05) is 26.2 Å². The topological polar surface area (TPSA) is 47.6 Å². The summed E-state index contributed by atoms with van der Waals surface area (Å²) in [7, 11) is 3.14. The highest BCUT2D eigenvalue weighted by Crippen LogP contribution is 2.39. The van der Waals surface area contributed by atoms with Gasteiger partial charge in [0.25, 0.3) is 5.91 Å². The quantitative estimate of drug-likeness (QED) is 0.773. The van der Waals surface area contributed by atoms with Crippen LogP contribution in [0.1, 0.15) is 11.1 Å². The molecule has 1 N–H and O–H groups in total. The summed E-state index contributed by atoms with van der Waals surface area (Å²) in [5.74, 6) is 0.977. The lowest BCUT2D eigenvalue weighted by molar-refractivity contribution is -0.110. The van der Waals surface area contributed by atoms with E-state index < -0.39 is 0 Å². The van der Waals surface area contributed by atoms with Crippen molar-refractivity contribution in [3.63, 3.8) is 0 Å². The predicted molar refractivity (Wildman–Crippen MR) is 95.2 cm³/mol. The van der Waals surface area contributed by atoms with Gasteiger partial charge in [-0.25, -0.2) is 0 Å². The van der Waals surface area contributed by atoms with E-state index >= 15 is 0 Å². The fourth-order valence-electron chi connectivity index (χ4n) is 2.53. The van der Waals surface area contributed by atoms with Crippen molar-refractivity contribution in [2.45, 2.75) is 0 Å². The Balaban J connectivity index is 2.16. The third-order valence-electron chi connectivity index (χ3n) is 3.54. The van der Waals surface area contributed by atoms with E-state index in [1.165, 1.54) is 0 Å². The summed E-state index contributed by atoms with van der Waals surface area (Å²) in [6, 6.07) is 8.99. The highest BCUT2D eigenvalue weighted by Gasteiger charge is 2.25. The summed E-state index contributed by atoms with van der Waals surface area (Å²) in [4.78, 5) is 12.3. The molecular weight excluding hydrogens is 382 g/mol. The smallest absolute Gasteiger partial charge is 0.256 e. The summed E-state index contributed by atoms with van der Waals surface area (Å²) in [6.07, 6.45) is 1.78. The van der Waals surface area contributed by atoms with Gasteiger partial charge in [-0.1, -0.05) is 33.6 Å². The van der Waals surface area contributed by atoms with Gasteiger partial charge in [0.1, 0.15) is 0 Å². The van der Waals surface area contributed by atoms with Crippen LogP contribution >= 0.6 is 27.5 Å². The molecule has 0 saturated heterocycles. The molecule has 0 atom stereocenters. The Hall–Kier alpha value is -1.98. The number of carbonyl (C=O) groups is 1. The van der Waals surface area contributed by atoms with Crippen molar-refractivity contribution in [3.05, 3.63) is 51.0 Å². The Morgan fingerprint density at radius 3 is 2.65 bits per heavy atom. The molecule has 4 nitrogen and oxygen atoms in total. The number of anilines is 1. The van der Waals surface area contributed by atoms with Gasteiger partial charge >= 0.3 is 0 Å². The van der Waals surface area contributed by atoms with Gasteiger partial charge in [0.2, 0.25) is 0 Å². The van der Waals surface area contributed by atoms with Crippen molar-refractivity contribution in [2.24, 2.45) is 0 Å². The SMILES string of the molecule is COc1cc(Br)cc(/C=C2/C(=O)Nc3cc(Cl)ccc32)c1OC. The normalized spacial score (nSPS) is 14.6. The van der Waals surface area contributed by atoms with Crippen LogP contribution in [0.2, 0.25) is 5.02 Å². The Morgan fingerprint density at radius 2 is 1.96 bits per heavy atom. The summed E-state index contributed by atoms with van der Waals surface area (Å²) in [5.41, 5.74) is 2.80. The summed E-state index contributed by atoms with van der Waals surface area (Å²) in [5, 5.41) is 3.39. The van der Waals surface area contributed by atoms with Crippen LogP contribution in [0.5, 0.6) is 11.5 Å². The van der Waals surface area contributed by atoms with E-state index in [-0.39, 0.29) is 5.91 Å². The van der Waals surface area contributed by atoms with Crippen molar-refractivity contribution in [3.8, 4) is 11.5 Å². The zero-order valence-electron chi connectivity index (χ0n) is 12.4. The minimum absolute atomic E-state index is 0.178. The number of benzene rings is 2. The number of halogens is 2.